The van der Waals surface area contributed by atoms with Crippen molar-refractivity contribution in [2.45, 2.75) is 71.4 Å². The van der Waals surface area contributed by atoms with Gasteiger partial charge in [-0.2, -0.15) is 0 Å². The molecule has 21 heavy (non-hydrogen) atoms. The Bertz CT molecular complexity index is 490. The average Bonchev–Trinajstić information content (AvgIpc) is 2.45. The molecule has 1 aromatic rings. The van der Waals surface area contributed by atoms with E-state index >= 15 is 0 Å². The Morgan fingerprint density at radius 1 is 1.14 bits per heavy atom. The summed E-state index contributed by atoms with van der Waals surface area (Å²) in [7, 11) is 0. The summed E-state index contributed by atoms with van der Waals surface area (Å²) in [6.07, 6.45) is 8.68. The molecule has 3 nitrogen and oxygen atoms in total. The summed E-state index contributed by atoms with van der Waals surface area (Å²) in [6.45, 7) is 5.18. The molecule has 0 radical (unpaired) electrons. The Kier molecular flexibility index (Phi) is 4.48. The van der Waals surface area contributed by atoms with Crippen molar-refractivity contribution in [1.29, 1.82) is 0 Å². The maximum absolute atomic E-state index is 6.29. The molecular weight excluding hydrogens is 260 g/mol. The summed E-state index contributed by atoms with van der Waals surface area (Å²) >= 11 is 0. The van der Waals surface area contributed by atoms with Crippen LogP contribution in [0.25, 0.3) is 0 Å². The van der Waals surface area contributed by atoms with E-state index in [0.29, 0.717) is 12.6 Å². The first-order valence-electron chi connectivity index (χ1n) is 8.54. The molecule has 0 spiro atoms. The first-order valence-corrected chi connectivity index (χ1v) is 8.54. The Morgan fingerprint density at radius 2 is 1.86 bits per heavy atom. The van der Waals surface area contributed by atoms with Gasteiger partial charge in [-0.25, -0.2) is 4.98 Å². The summed E-state index contributed by atoms with van der Waals surface area (Å²) < 4.78 is 6.29. The predicted octanol–water partition coefficient (Wildman–Crippen LogP) is 3.62. The van der Waals surface area contributed by atoms with E-state index < -0.39 is 0 Å². The molecule has 2 N–H and O–H groups in total. The van der Waals surface area contributed by atoms with Crippen molar-refractivity contribution in [2.24, 2.45) is 17.6 Å². The van der Waals surface area contributed by atoms with Gasteiger partial charge in [-0.05, 0) is 68.4 Å². The standard InChI is InChI=1S/C18H28N2O/c1-12-7-13(2)9-16(8-12)21-18-15(11-19)10-14-5-3-4-6-17(14)20-18/h10,12-13,16H,3-9,11,19H2,1-2H3. The highest BCUT2D eigenvalue weighted by Crippen LogP contribution is 2.33. The van der Waals surface area contributed by atoms with E-state index in [2.05, 4.69) is 19.9 Å². The van der Waals surface area contributed by atoms with E-state index in [1.807, 2.05) is 0 Å². The van der Waals surface area contributed by atoms with Crippen LogP contribution in [0.15, 0.2) is 6.07 Å². The van der Waals surface area contributed by atoms with E-state index in [1.165, 1.54) is 30.5 Å². The van der Waals surface area contributed by atoms with E-state index in [1.54, 1.807) is 0 Å². The second kappa shape index (κ2) is 6.35. The summed E-state index contributed by atoms with van der Waals surface area (Å²) in [6, 6.07) is 2.24. The first kappa shape index (κ1) is 14.8. The molecule has 0 bridgehead atoms. The number of hydrogen-bond acceptors (Lipinski definition) is 3. The van der Waals surface area contributed by atoms with Crippen LogP contribution in [0.3, 0.4) is 0 Å². The highest BCUT2D eigenvalue weighted by atomic mass is 16.5. The van der Waals surface area contributed by atoms with E-state index in [0.717, 1.165) is 49.0 Å². The van der Waals surface area contributed by atoms with Crippen LogP contribution in [-0.2, 0) is 19.4 Å². The number of rotatable bonds is 3. The lowest BCUT2D eigenvalue weighted by Gasteiger charge is -2.32. The van der Waals surface area contributed by atoms with Gasteiger partial charge in [0.25, 0.3) is 0 Å². The van der Waals surface area contributed by atoms with Gasteiger partial charge in [-0.3, -0.25) is 0 Å². The number of fused-ring (bicyclic) bond motifs is 1. The van der Waals surface area contributed by atoms with Crippen molar-refractivity contribution in [3.8, 4) is 5.88 Å². The molecule has 3 rings (SSSR count). The lowest BCUT2D eigenvalue weighted by Crippen LogP contribution is -2.29. The second-order valence-electron chi connectivity index (χ2n) is 7.13. The van der Waals surface area contributed by atoms with Crippen molar-refractivity contribution in [1.82, 2.24) is 4.98 Å². The van der Waals surface area contributed by atoms with E-state index in [-0.39, 0.29) is 0 Å². The highest BCUT2D eigenvalue weighted by Gasteiger charge is 2.26. The lowest BCUT2D eigenvalue weighted by atomic mass is 9.82. The van der Waals surface area contributed by atoms with Gasteiger partial charge in [0.1, 0.15) is 6.10 Å². The van der Waals surface area contributed by atoms with Gasteiger partial charge in [0, 0.05) is 17.8 Å². The van der Waals surface area contributed by atoms with Crippen molar-refractivity contribution in [2.75, 3.05) is 0 Å². The van der Waals surface area contributed by atoms with Crippen molar-refractivity contribution >= 4 is 0 Å². The van der Waals surface area contributed by atoms with Crippen LogP contribution < -0.4 is 10.5 Å². The zero-order chi connectivity index (χ0) is 14.8. The zero-order valence-electron chi connectivity index (χ0n) is 13.4. The minimum atomic E-state index is 0.309. The van der Waals surface area contributed by atoms with Crippen LogP contribution in [0.4, 0.5) is 0 Å². The third-order valence-corrected chi connectivity index (χ3v) is 4.97. The summed E-state index contributed by atoms with van der Waals surface area (Å²) in [4.78, 5) is 4.83. The molecule has 1 fully saturated rings. The largest absolute Gasteiger partial charge is 0.474 e. The molecule has 116 valence electrons. The predicted molar refractivity (Wildman–Crippen MR) is 85.4 cm³/mol. The molecule has 1 heterocycles. The number of aromatic nitrogens is 1. The monoisotopic (exact) mass is 288 g/mol. The fraction of sp³-hybridized carbons (Fsp3) is 0.722. The topological polar surface area (TPSA) is 48.1 Å². The molecule has 0 aromatic carbocycles. The third-order valence-electron chi connectivity index (χ3n) is 4.97. The summed E-state index contributed by atoms with van der Waals surface area (Å²) in [5.41, 5.74) is 9.64. The fourth-order valence-corrected chi connectivity index (χ4v) is 4.04. The molecule has 1 aromatic heterocycles. The van der Waals surface area contributed by atoms with Crippen LogP contribution in [0.2, 0.25) is 0 Å². The normalized spacial score (nSPS) is 29.0. The van der Waals surface area contributed by atoms with Gasteiger partial charge >= 0.3 is 0 Å². The van der Waals surface area contributed by atoms with Gasteiger partial charge < -0.3 is 10.5 Å². The second-order valence-corrected chi connectivity index (χ2v) is 7.13. The molecule has 2 unspecified atom stereocenters. The van der Waals surface area contributed by atoms with E-state index in [4.69, 9.17) is 15.5 Å². The molecule has 0 aliphatic heterocycles. The molecule has 2 aliphatic carbocycles. The smallest absolute Gasteiger partial charge is 0.218 e. The number of ether oxygens (including phenoxy) is 1. The Morgan fingerprint density at radius 3 is 2.57 bits per heavy atom. The minimum Gasteiger partial charge on any atom is -0.474 e. The van der Waals surface area contributed by atoms with Crippen LogP contribution in [0.5, 0.6) is 5.88 Å². The first-order chi connectivity index (χ1) is 10.2. The molecule has 1 saturated carbocycles. The minimum absolute atomic E-state index is 0.309. The fourth-order valence-electron chi connectivity index (χ4n) is 4.04. The Labute approximate surface area is 128 Å². The van der Waals surface area contributed by atoms with Crippen LogP contribution in [-0.4, -0.2) is 11.1 Å². The van der Waals surface area contributed by atoms with Gasteiger partial charge in [0.15, 0.2) is 0 Å². The zero-order valence-corrected chi connectivity index (χ0v) is 13.4. The molecule has 0 amide bonds. The van der Waals surface area contributed by atoms with Crippen molar-refractivity contribution in [3.05, 3.63) is 22.9 Å². The van der Waals surface area contributed by atoms with Crippen molar-refractivity contribution in [3.63, 3.8) is 0 Å². The summed E-state index contributed by atoms with van der Waals surface area (Å²) in [5.74, 6) is 2.31. The molecule has 3 heteroatoms. The SMILES string of the molecule is CC1CC(C)CC(Oc2nc3c(cc2CN)CCCC3)C1. The maximum atomic E-state index is 6.29. The Balaban J connectivity index is 1.80. The molecule has 2 aliphatic rings. The van der Waals surface area contributed by atoms with Gasteiger partial charge in [-0.1, -0.05) is 13.8 Å². The van der Waals surface area contributed by atoms with Crippen LogP contribution in [0.1, 0.15) is 62.8 Å². The quantitative estimate of drug-likeness (QED) is 0.924. The van der Waals surface area contributed by atoms with Gasteiger partial charge in [-0.15, -0.1) is 0 Å². The maximum Gasteiger partial charge on any atom is 0.218 e. The van der Waals surface area contributed by atoms with E-state index in [9.17, 15) is 0 Å². The number of nitrogens with two attached hydrogens (primary N) is 1. The summed E-state index contributed by atoms with van der Waals surface area (Å²) in [5, 5.41) is 0. The number of pyridine rings is 1. The van der Waals surface area contributed by atoms with Gasteiger partial charge in [0.05, 0.1) is 0 Å². The molecular formula is C18H28N2O. The lowest BCUT2D eigenvalue weighted by molar-refractivity contribution is 0.0954. The highest BCUT2D eigenvalue weighted by molar-refractivity contribution is 5.36. The number of aryl methyl sites for hydroxylation is 2. The number of nitrogens with zero attached hydrogens (tertiary/aromatic N) is 1. The molecule has 2 atom stereocenters. The molecule has 0 saturated heterocycles. The third kappa shape index (κ3) is 3.39. The van der Waals surface area contributed by atoms with Gasteiger partial charge in [0.2, 0.25) is 5.88 Å². The van der Waals surface area contributed by atoms with Crippen molar-refractivity contribution < 1.29 is 4.74 Å². The average molecular weight is 288 g/mol. The van der Waals surface area contributed by atoms with Crippen LogP contribution >= 0.6 is 0 Å². The number of hydrogen-bond donors (Lipinski definition) is 1. The van der Waals surface area contributed by atoms with Crippen LogP contribution in [0, 0.1) is 11.8 Å². The Hall–Kier alpha value is -1.09.